The number of nitrogens with zero attached hydrogens (tertiary/aromatic N) is 1. The molecular weight excluding hydrogens is 582 g/mol. The summed E-state index contributed by atoms with van der Waals surface area (Å²) in [5, 5.41) is 0.691. The zero-order valence-electron chi connectivity index (χ0n) is 17.0. The zero-order valence-corrected chi connectivity index (χ0v) is 20.8. The van der Waals surface area contributed by atoms with Crippen molar-refractivity contribution in [3.05, 3.63) is 60.0 Å². The van der Waals surface area contributed by atoms with Crippen LogP contribution in [-0.4, -0.2) is 41.2 Å². The molecule has 1 N–H and O–H groups in total. The summed E-state index contributed by atoms with van der Waals surface area (Å²) in [5.41, 5.74) is -2.14. The Bertz CT molecular complexity index is 1240. The van der Waals surface area contributed by atoms with Crippen molar-refractivity contribution in [1.82, 2.24) is 4.90 Å². The number of imide groups is 1. The summed E-state index contributed by atoms with van der Waals surface area (Å²) < 4.78 is 43.4. The molecular formula is C20H10Cl5F3N2O5. The lowest BCUT2D eigenvalue weighted by atomic mass is 10.1. The summed E-state index contributed by atoms with van der Waals surface area (Å²) in [7, 11) is 0. The number of ether oxygens (including phenoxy) is 1. The van der Waals surface area contributed by atoms with Crippen LogP contribution in [0.1, 0.15) is 33.2 Å². The lowest BCUT2D eigenvalue weighted by Crippen LogP contribution is -2.44. The monoisotopic (exact) mass is 590 g/mol. The first-order valence-corrected chi connectivity index (χ1v) is 11.1. The number of amides is 3. The van der Waals surface area contributed by atoms with Crippen LogP contribution in [-0.2, 0) is 20.5 Å². The Labute approximate surface area is 219 Å². The van der Waals surface area contributed by atoms with Gasteiger partial charge in [0.2, 0.25) is 0 Å². The topological polar surface area (TPSA) is 92.8 Å². The number of rotatable bonds is 5. The predicted octanol–water partition coefficient (Wildman–Crippen LogP) is 6.14. The van der Waals surface area contributed by atoms with E-state index in [-0.39, 0.29) is 41.9 Å². The van der Waals surface area contributed by atoms with Crippen LogP contribution in [0.25, 0.3) is 0 Å². The molecule has 0 fully saturated rings. The maximum absolute atomic E-state index is 12.9. The Morgan fingerprint density at radius 2 is 1.49 bits per heavy atom. The van der Waals surface area contributed by atoms with Gasteiger partial charge in [0.15, 0.2) is 6.61 Å². The van der Waals surface area contributed by atoms with Gasteiger partial charge in [0.05, 0.1) is 47.5 Å². The van der Waals surface area contributed by atoms with Crippen molar-refractivity contribution in [3.8, 4) is 0 Å². The van der Waals surface area contributed by atoms with E-state index in [2.05, 4.69) is 5.32 Å². The number of benzene rings is 2. The molecule has 3 rings (SSSR count). The Hall–Kier alpha value is -2.24. The second-order valence-corrected chi connectivity index (χ2v) is 8.93. The van der Waals surface area contributed by atoms with Gasteiger partial charge in [-0.3, -0.25) is 19.3 Å². The average molecular weight is 593 g/mol. The molecule has 0 unspecified atom stereocenters. The van der Waals surface area contributed by atoms with Crippen LogP contribution in [0.15, 0.2) is 18.2 Å². The molecule has 3 amide bonds. The summed E-state index contributed by atoms with van der Waals surface area (Å²) in [6.07, 6.45) is -4.68. The first-order chi connectivity index (χ1) is 16.2. The minimum absolute atomic E-state index is 0.192. The van der Waals surface area contributed by atoms with Crippen LogP contribution in [0.2, 0.25) is 25.1 Å². The largest absolute Gasteiger partial charge is 0.454 e. The SMILES string of the molecule is C[C@@H](C(=O)OCC(=O)Nc1cc(C(F)(F)F)ccc1Cl)N1C(=O)c2c(Cl)c(Cl)c(Cl)c(Cl)c2C1=O. The van der Waals surface area contributed by atoms with Crippen molar-refractivity contribution in [2.75, 3.05) is 11.9 Å². The highest BCUT2D eigenvalue weighted by molar-refractivity contribution is 6.55. The molecule has 186 valence electrons. The van der Waals surface area contributed by atoms with E-state index in [1.807, 2.05) is 0 Å². The molecule has 2 aromatic carbocycles. The third-order valence-electron chi connectivity index (χ3n) is 4.77. The minimum Gasteiger partial charge on any atom is -0.454 e. The van der Waals surface area contributed by atoms with Crippen LogP contribution < -0.4 is 5.32 Å². The molecule has 0 spiro atoms. The van der Waals surface area contributed by atoms with E-state index < -0.39 is 48.1 Å². The molecule has 1 aliphatic rings. The van der Waals surface area contributed by atoms with Crippen molar-refractivity contribution in [3.63, 3.8) is 0 Å². The number of nitrogens with one attached hydrogen (secondary N) is 1. The average Bonchev–Trinajstić information content (AvgIpc) is 3.04. The smallest absolute Gasteiger partial charge is 0.416 e. The second kappa shape index (κ2) is 10.0. The Morgan fingerprint density at radius 3 is 1.97 bits per heavy atom. The highest BCUT2D eigenvalue weighted by Gasteiger charge is 2.45. The molecule has 0 aliphatic carbocycles. The van der Waals surface area contributed by atoms with Gasteiger partial charge in [0.1, 0.15) is 6.04 Å². The van der Waals surface area contributed by atoms with Crippen molar-refractivity contribution >= 4 is 87.4 Å². The molecule has 35 heavy (non-hydrogen) atoms. The maximum Gasteiger partial charge on any atom is 0.416 e. The molecule has 1 heterocycles. The normalized spacial score (nSPS) is 14.1. The van der Waals surface area contributed by atoms with Gasteiger partial charge in [-0.05, 0) is 25.1 Å². The van der Waals surface area contributed by atoms with E-state index in [4.69, 9.17) is 62.7 Å². The van der Waals surface area contributed by atoms with Gasteiger partial charge >= 0.3 is 12.1 Å². The number of anilines is 1. The van der Waals surface area contributed by atoms with E-state index in [1.54, 1.807) is 0 Å². The van der Waals surface area contributed by atoms with Crippen molar-refractivity contribution in [2.45, 2.75) is 19.1 Å². The highest BCUT2D eigenvalue weighted by Crippen LogP contribution is 2.45. The number of carbonyl (C=O) groups excluding carboxylic acids is 4. The number of hydrogen-bond donors (Lipinski definition) is 1. The molecule has 2 aromatic rings. The standard InChI is InChI=1S/C20H10Cl5F3N2O5/c1-6(30-17(32)11-12(18(30)33)14(23)16(25)15(24)13(11)22)19(34)35-5-10(31)29-9-4-7(20(26,27)28)2-3-8(9)21/h2-4,6H,5H2,1H3,(H,29,31)/t6-/m0/s1. The van der Waals surface area contributed by atoms with Crippen LogP contribution in [0, 0.1) is 0 Å². The van der Waals surface area contributed by atoms with E-state index in [9.17, 15) is 32.3 Å². The van der Waals surface area contributed by atoms with Crippen LogP contribution in [0.5, 0.6) is 0 Å². The fraction of sp³-hybridized carbons (Fsp3) is 0.200. The van der Waals surface area contributed by atoms with Crippen molar-refractivity contribution in [2.24, 2.45) is 0 Å². The summed E-state index contributed by atoms with van der Waals surface area (Å²) in [6.45, 7) is 0.175. The Morgan fingerprint density at radius 1 is 0.971 bits per heavy atom. The zero-order chi connectivity index (χ0) is 26.4. The van der Waals surface area contributed by atoms with Gasteiger partial charge in [-0.15, -0.1) is 0 Å². The van der Waals surface area contributed by atoms with Crippen LogP contribution in [0.4, 0.5) is 18.9 Å². The summed E-state index contributed by atoms with van der Waals surface area (Å²) in [4.78, 5) is 50.6. The van der Waals surface area contributed by atoms with E-state index in [1.165, 1.54) is 0 Å². The van der Waals surface area contributed by atoms with E-state index >= 15 is 0 Å². The van der Waals surface area contributed by atoms with Gasteiger partial charge < -0.3 is 10.1 Å². The highest BCUT2D eigenvalue weighted by atomic mass is 35.5. The third-order valence-corrected chi connectivity index (χ3v) is 6.91. The minimum atomic E-state index is -4.68. The maximum atomic E-state index is 12.9. The summed E-state index contributed by atoms with van der Waals surface area (Å²) in [5.74, 6) is -4.21. The van der Waals surface area contributed by atoms with Crippen molar-refractivity contribution < 1.29 is 37.1 Å². The quantitative estimate of drug-likeness (QED) is 0.195. The first kappa shape index (κ1) is 27.3. The number of hydrogen-bond acceptors (Lipinski definition) is 5. The molecule has 1 aliphatic heterocycles. The Kier molecular flexibility index (Phi) is 7.83. The van der Waals surface area contributed by atoms with E-state index in [0.29, 0.717) is 11.0 Å². The Balaban J connectivity index is 1.71. The molecule has 0 saturated heterocycles. The molecule has 0 bridgehead atoms. The summed E-state index contributed by atoms with van der Waals surface area (Å²) in [6, 6.07) is 0.718. The predicted molar refractivity (Wildman–Crippen MR) is 122 cm³/mol. The molecule has 0 saturated carbocycles. The molecule has 15 heteroatoms. The first-order valence-electron chi connectivity index (χ1n) is 9.23. The number of fused-ring (bicyclic) bond motifs is 1. The molecule has 0 radical (unpaired) electrons. The number of carbonyl (C=O) groups is 4. The fourth-order valence-corrected chi connectivity index (χ4v) is 4.24. The summed E-state index contributed by atoms with van der Waals surface area (Å²) >= 11 is 29.7. The number of esters is 1. The lowest BCUT2D eigenvalue weighted by molar-refractivity contribution is -0.150. The molecule has 0 aromatic heterocycles. The van der Waals surface area contributed by atoms with Crippen LogP contribution in [0.3, 0.4) is 0 Å². The van der Waals surface area contributed by atoms with Gasteiger partial charge in [-0.1, -0.05) is 58.0 Å². The van der Waals surface area contributed by atoms with Crippen molar-refractivity contribution in [1.29, 1.82) is 0 Å². The van der Waals surface area contributed by atoms with Gasteiger partial charge in [-0.25, -0.2) is 4.79 Å². The van der Waals surface area contributed by atoms with Gasteiger partial charge in [-0.2, -0.15) is 13.2 Å². The molecule has 1 atom stereocenters. The van der Waals surface area contributed by atoms with Gasteiger partial charge in [0.25, 0.3) is 17.7 Å². The molecule has 7 nitrogen and oxygen atoms in total. The number of alkyl halides is 3. The lowest BCUT2D eigenvalue weighted by Gasteiger charge is -2.21. The number of halogens is 8. The van der Waals surface area contributed by atoms with Crippen LogP contribution >= 0.6 is 58.0 Å². The fourth-order valence-electron chi connectivity index (χ4n) is 3.06. The van der Waals surface area contributed by atoms with Gasteiger partial charge in [0, 0.05) is 0 Å². The van der Waals surface area contributed by atoms with E-state index in [0.717, 1.165) is 19.1 Å². The second-order valence-electron chi connectivity index (χ2n) is 7.01. The third kappa shape index (κ3) is 5.17.